The molecule has 16 heavy (non-hydrogen) atoms. The molecule has 0 aromatic heterocycles. The van der Waals surface area contributed by atoms with Crippen molar-refractivity contribution in [1.29, 1.82) is 0 Å². The second kappa shape index (κ2) is 5.32. The van der Waals surface area contributed by atoms with Gasteiger partial charge < -0.3 is 5.73 Å². The van der Waals surface area contributed by atoms with Gasteiger partial charge in [0.05, 0.1) is 5.75 Å². The number of nitrogens with zero attached hydrogens (tertiary/aromatic N) is 1. The smallest absolute Gasteiger partial charge is 0.218 e. The van der Waals surface area contributed by atoms with Crippen LogP contribution in [0.5, 0.6) is 0 Å². The summed E-state index contributed by atoms with van der Waals surface area (Å²) in [5.74, 6) is 0.00847. The van der Waals surface area contributed by atoms with Gasteiger partial charge in [-0.3, -0.25) is 0 Å². The zero-order valence-corrected chi connectivity index (χ0v) is 10.5. The van der Waals surface area contributed by atoms with Crippen LogP contribution in [0.15, 0.2) is 24.3 Å². The minimum atomic E-state index is -3.21. The highest BCUT2D eigenvalue weighted by Gasteiger charge is 2.17. The predicted octanol–water partition coefficient (Wildman–Crippen LogP) is 1.44. The van der Waals surface area contributed by atoms with Gasteiger partial charge >= 0.3 is 0 Å². The summed E-state index contributed by atoms with van der Waals surface area (Å²) in [5.41, 5.74) is 6.92. The summed E-state index contributed by atoms with van der Waals surface area (Å²) in [5, 5.41) is 0. The molecule has 0 heterocycles. The van der Waals surface area contributed by atoms with Gasteiger partial charge in [0.15, 0.2) is 0 Å². The van der Waals surface area contributed by atoms with Crippen molar-refractivity contribution in [3.63, 3.8) is 0 Å². The molecule has 4 nitrogen and oxygen atoms in total. The molecule has 0 aliphatic heterocycles. The van der Waals surface area contributed by atoms with Gasteiger partial charge in [-0.25, -0.2) is 12.7 Å². The molecule has 5 heteroatoms. The summed E-state index contributed by atoms with van der Waals surface area (Å²) in [6.07, 6.45) is 0.812. The molecule has 0 unspecified atom stereocenters. The van der Waals surface area contributed by atoms with Crippen molar-refractivity contribution in [2.45, 2.75) is 19.1 Å². The van der Waals surface area contributed by atoms with Crippen molar-refractivity contribution in [2.75, 3.05) is 19.3 Å². The third-order valence-electron chi connectivity index (χ3n) is 2.31. The minimum Gasteiger partial charge on any atom is -0.399 e. The molecule has 0 aliphatic carbocycles. The number of nitrogen functional groups attached to an aromatic ring is 1. The quantitative estimate of drug-likeness (QED) is 0.795. The number of nitrogens with two attached hydrogens (primary N) is 1. The van der Waals surface area contributed by atoms with Gasteiger partial charge in [0, 0.05) is 19.3 Å². The van der Waals surface area contributed by atoms with E-state index >= 15 is 0 Å². The second-order valence-corrected chi connectivity index (χ2v) is 5.90. The molecule has 1 aromatic rings. The van der Waals surface area contributed by atoms with Crippen molar-refractivity contribution in [3.05, 3.63) is 29.8 Å². The Bertz CT molecular complexity index is 443. The highest BCUT2D eigenvalue weighted by molar-refractivity contribution is 7.88. The van der Waals surface area contributed by atoms with Crippen LogP contribution in [0.2, 0.25) is 0 Å². The Labute approximate surface area is 97.1 Å². The Morgan fingerprint density at radius 2 is 2.06 bits per heavy atom. The molecule has 0 amide bonds. The lowest BCUT2D eigenvalue weighted by Crippen LogP contribution is -2.28. The van der Waals surface area contributed by atoms with Crippen LogP contribution in [-0.2, 0) is 15.8 Å². The van der Waals surface area contributed by atoms with E-state index in [1.165, 1.54) is 4.31 Å². The number of anilines is 1. The maximum atomic E-state index is 11.9. The van der Waals surface area contributed by atoms with Crippen molar-refractivity contribution in [2.24, 2.45) is 0 Å². The highest BCUT2D eigenvalue weighted by atomic mass is 32.2. The first-order chi connectivity index (χ1) is 7.45. The molecule has 1 aromatic carbocycles. The first-order valence-corrected chi connectivity index (χ1v) is 6.85. The van der Waals surface area contributed by atoms with Crippen molar-refractivity contribution < 1.29 is 8.42 Å². The first kappa shape index (κ1) is 13.0. The van der Waals surface area contributed by atoms with E-state index in [1.54, 1.807) is 31.3 Å². The fraction of sp³-hybridized carbons (Fsp3) is 0.455. The Morgan fingerprint density at radius 1 is 1.38 bits per heavy atom. The fourth-order valence-corrected chi connectivity index (χ4v) is 2.74. The summed E-state index contributed by atoms with van der Waals surface area (Å²) >= 11 is 0. The lowest BCUT2D eigenvalue weighted by molar-refractivity contribution is 0.467. The summed E-state index contributed by atoms with van der Waals surface area (Å²) in [6, 6.07) is 6.97. The SMILES string of the molecule is CCCN(C)S(=O)(=O)Cc1cccc(N)c1. The maximum absolute atomic E-state index is 11.9. The van der Waals surface area contributed by atoms with Crippen LogP contribution in [0, 0.1) is 0 Å². The predicted molar refractivity (Wildman–Crippen MR) is 66.4 cm³/mol. The number of sulfonamides is 1. The van der Waals surface area contributed by atoms with E-state index in [1.807, 2.05) is 6.92 Å². The third-order valence-corrected chi connectivity index (χ3v) is 4.14. The summed E-state index contributed by atoms with van der Waals surface area (Å²) in [7, 11) is -1.61. The molecule has 2 N–H and O–H groups in total. The number of hydrogen-bond donors (Lipinski definition) is 1. The molecule has 0 saturated carbocycles. The van der Waals surface area contributed by atoms with Crippen LogP contribution >= 0.6 is 0 Å². The van der Waals surface area contributed by atoms with E-state index in [-0.39, 0.29) is 5.75 Å². The summed E-state index contributed by atoms with van der Waals surface area (Å²) in [4.78, 5) is 0. The van der Waals surface area contributed by atoms with E-state index in [9.17, 15) is 8.42 Å². The molecule has 0 radical (unpaired) electrons. The standard InChI is InChI=1S/C11H18N2O2S/c1-3-7-13(2)16(14,15)9-10-5-4-6-11(12)8-10/h4-6,8H,3,7,9,12H2,1-2H3. The lowest BCUT2D eigenvalue weighted by atomic mass is 10.2. The zero-order chi connectivity index (χ0) is 12.2. The number of benzene rings is 1. The topological polar surface area (TPSA) is 63.4 Å². The summed E-state index contributed by atoms with van der Waals surface area (Å²) < 4.78 is 25.2. The average molecular weight is 242 g/mol. The van der Waals surface area contributed by atoms with Crippen LogP contribution in [0.3, 0.4) is 0 Å². The third kappa shape index (κ3) is 3.50. The molecule has 90 valence electrons. The zero-order valence-electron chi connectivity index (χ0n) is 9.68. The number of hydrogen-bond acceptors (Lipinski definition) is 3. The van der Waals surface area contributed by atoms with E-state index < -0.39 is 10.0 Å². The van der Waals surface area contributed by atoms with Crippen LogP contribution in [0.4, 0.5) is 5.69 Å². The molecular formula is C11H18N2O2S. The normalized spacial score (nSPS) is 11.9. The molecule has 0 saturated heterocycles. The van der Waals surface area contributed by atoms with E-state index in [0.29, 0.717) is 12.2 Å². The lowest BCUT2D eigenvalue weighted by Gasteiger charge is -2.16. The van der Waals surface area contributed by atoms with Gasteiger partial charge in [0.1, 0.15) is 0 Å². The Kier molecular flexibility index (Phi) is 4.32. The van der Waals surface area contributed by atoms with Crippen LogP contribution < -0.4 is 5.73 Å². The molecule has 0 fully saturated rings. The van der Waals surface area contributed by atoms with Gasteiger partial charge in [0.2, 0.25) is 10.0 Å². The average Bonchev–Trinajstić information content (AvgIpc) is 2.17. The highest BCUT2D eigenvalue weighted by Crippen LogP contribution is 2.12. The van der Waals surface area contributed by atoms with E-state index in [0.717, 1.165) is 12.0 Å². The molecule has 0 bridgehead atoms. The van der Waals surface area contributed by atoms with Crippen molar-refractivity contribution in [3.8, 4) is 0 Å². The van der Waals surface area contributed by atoms with Crippen LogP contribution in [-0.4, -0.2) is 26.3 Å². The van der Waals surface area contributed by atoms with Gasteiger partial charge in [-0.15, -0.1) is 0 Å². The van der Waals surface area contributed by atoms with E-state index in [2.05, 4.69) is 0 Å². The molecule has 0 atom stereocenters. The molecular weight excluding hydrogens is 224 g/mol. The maximum Gasteiger partial charge on any atom is 0.218 e. The van der Waals surface area contributed by atoms with Gasteiger partial charge in [0.25, 0.3) is 0 Å². The number of rotatable bonds is 5. The first-order valence-electron chi connectivity index (χ1n) is 5.24. The van der Waals surface area contributed by atoms with Gasteiger partial charge in [-0.2, -0.15) is 0 Å². The Balaban J connectivity index is 2.80. The van der Waals surface area contributed by atoms with E-state index in [4.69, 9.17) is 5.73 Å². The Hall–Kier alpha value is -1.07. The monoisotopic (exact) mass is 242 g/mol. The van der Waals surface area contributed by atoms with Gasteiger partial charge in [-0.1, -0.05) is 19.1 Å². The van der Waals surface area contributed by atoms with Gasteiger partial charge in [-0.05, 0) is 24.1 Å². The van der Waals surface area contributed by atoms with Crippen molar-refractivity contribution in [1.82, 2.24) is 4.31 Å². The summed E-state index contributed by atoms with van der Waals surface area (Å²) in [6.45, 7) is 2.50. The molecule has 0 aliphatic rings. The second-order valence-electron chi connectivity index (χ2n) is 3.82. The largest absolute Gasteiger partial charge is 0.399 e. The van der Waals surface area contributed by atoms with Crippen LogP contribution in [0.1, 0.15) is 18.9 Å². The van der Waals surface area contributed by atoms with Crippen LogP contribution in [0.25, 0.3) is 0 Å². The minimum absolute atomic E-state index is 0.00847. The fourth-order valence-electron chi connectivity index (χ4n) is 1.46. The van der Waals surface area contributed by atoms with Crippen molar-refractivity contribution >= 4 is 15.7 Å². The molecule has 1 rings (SSSR count). The Morgan fingerprint density at radius 3 is 2.62 bits per heavy atom. The molecule has 0 spiro atoms.